The van der Waals surface area contributed by atoms with E-state index in [1.807, 2.05) is 36.0 Å². The molecule has 3 N–H and O–H groups in total. The molecule has 4 heteroatoms. The van der Waals surface area contributed by atoms with Crippen molar-refractivity contribution in [2.75, 3.05) is 5.73 Å². The van der Waals surface area contributed by atoms with Gasteiger partial charge in [-0.3, -0.25) is 4.79 Å². The molecule has 84 valence electrons. The molecule has 0 atom stereocenters. The fourth-order valence-electron chi connectivity index (χ4n) is 2.02. The van der Waals surface area contributed by atoms with Crippen LogP contribution in [0, 0.1) is 0 Å². The lowest BCUT2D eigenvalue weighted by molar-refractivity contribution is -0.136. The number of nitrogen functional groups attached to an aromatic ring is 1. The number of nitrogens with two attached hydrogens (primary N) is 1. The van der Waals surface area contributed by atoms with Crippen LogP contribution in [0.4, 0.5) is 5.69 Å². The van der Waals surface area contributed by atoms with Gasteiger partial charge in [0.2, 0.25) is 0 Å². The molecule has 0 bridgehead atoms. The van der Waals surface area contributed by atoms with Gasteiger partial charge in [0.15, 0.2) is 0 Å². The lowest BCUT2D eigenvalue weighted by Crippen LogP contribution is -1.96. The van der Waals surface area contributed by atoms with Crippen molar-refractivity contribution in [3.8, 4) is 0 Å². The van der Waals surface area contributed by atoms with Gasteiger partial charge in [0, 0.05) is 25.1 Å². The Morgan fingerprint density at radius 1 is 1.50 bits per heavy atom. The highest BCUT2D eigenvalue weighted by Crippen LogP contribution is 2.26. The summed E-state index contributed by atoms with van der Waals surface area (Å²) < 4.78 is 1.95. The van der Waals surface area contributed by atoms with E-state index in [0.29, 0.717) is 6.42 Å². The van der Waals surface area contributed by atoms with Gasteiger partial charge in [-0.05, 0) is 18.1 Å². The average Bonchev–Trinajstić information content (AvgIpc) is 2.54. The predicted octanol–water partition coefficient (Wildman–Crippen LogP) is 1.78. The van der Waals surface area contributed by atoms with Gasteiger partial charge in [-0.1, -0.05) is 12.1 Å². The monoisotopic (exact) mass is 218 g/mol. The van der Waals surface area contributed by atoms with Crippen molar-refractivity contribution in [2.45, 2.75) is 12.8 Å². The first-order chi connectivity index (χ1) is 7.59. The molecule has 0 unspecified atom stereocenters. The van der Waals surface area contributed by atoms with E-state index in [2.05, 4.69) is 0 Å². The van der Waals surface area contributed by atoms with Gasteiger partial charge < -0.3 is 15.4 Å². The number of aliphatic carboxylic acids is 1. The largest absolute Gasteiger partial charge is 0.481 e. The van der Waals surface area contributed by atoms with E-state index in [0.717, 1.165) is 22.2 Å². The Balaban J connectivity index is 2.47. The van der Waals surface area contributed by atoms with Crippen molar-refractivity contribution in [1.82, 2.24) is 4.57 Å². The Morgan fingerprint density at radius 2 is 2.25 bits per heavy atom. The first-order valence-corrected chi connectivity index (χ1v) is 5.14. The molecule has 2 aromatic rings. The molecule has 0 spiro atoms. The SMILES string of the molecule is Cn1cc(CCC(=O)O)c2cccc(N)c21. The molecule has 0 aliphatic carbocycles. The van der Waals surface area contributed by atoms with E-state index in [1.54, 1.807) is 0 Å². The van der Waals surface area contributed by atoms with Crippen LogP contribution >= 0.6 is 0 Å². The van der Waals surface area contributed by atoms with Crippen LogP contribution in [0.5, 0.6) is 0 Å². The summed E-state index contributed by atoms with van der Waals surface area (Å²) >= 11 is 0. The van der Waals surface area contributed by atoms with Crippen LogP contribution < -0.4 is 5.73 Å². The molecule has 0 aliphatic heterocycles. The first-order valence-electron chi connectivity index (χ1n) is 5.14. The van der Waals surface area contributed by atoms with E-state index < -0.39 is 5.97 Å². The number of benzene rings is 1. The topological polar surface area (TPSA) is 68.2 Å². The summed E-state index contributed by atoms with van der Waals surface area (Å²) in [7, 11) is 1.92. The highest BCUT2D eigenvalue weighted by Gasteiger charge is 2.09. The lowest BCUT2D eigenvalue weighted by Gasteiger charge is -2.00. The molecule has 1 heterocycles. The Labute approximate surface area is 93.3 Å². The highest BCUT2D eigenvalue weighted by atomic mass is 16.4. The van der Waals surface area contributed by atoms with Gasteiger partial charge in [-0.2, -0.15) is 0 Å². The summed E-state index contributed by atoms with van der Waals surface area (Å²) in [6.45, 7) is 0. The summed E-state index contributed by atoms with van der Waals surface area (Å²) in [6.07, 6.45) is 2.63. The van der Waals surface area contributed by atoms with Crippen LogP contribution in [0.1, 0.15) is 12.0 Å². The zero-order valence-electron chi connectivity index (χ0n) is 9.10. The molecular formula is C12H14N2O2. The fraction of sp³-hybridized carbons (Fsp3) is 0.250. The third kappa shape index (κ3) is 1.74. The highest BCUT2D eigenvalue weighted by molar-refractivity contribution is 5.93. The normalized spacial score (nSPS) is 10.8. The molecule has 2 rings (SSSR count). The summed E-state index contributed by atoms with van der Waals surface area (Å²) in [6, 6.07) is 5.72. The Bertz CT molecular complexity index is 543. The van der Waals surface area contributed by atoms with Gasteiger partial charge in [0.1, 0.15) is 0 Å². The van der Waals surface area contributed by atoms with Crippen molar-refractivity contribution in [2.24, 2.45) is 7.05 Å². The van der Waals surface area contributed by atoms with E-state index in [1.165, 1.54) is 0 Å². The zero-order valence-corrected chi connectivity index (χ0v) is 9.10. The van der Waals surface area contributed by atoms with Gasteiger partial charge >= 0.3 is 5.97 Å². The number of carboxylic acids is 1. The second-order valence-corrected chi connectivity index (χ2v) is 3.90. The van der Waals surface area contributed by atoms with Crippen molar-refractivity contribution >= 4 is 22.6 Å². The molecule has 0 aliphatic rings. The second-order valence-electron chi connectivity index (χ2n) is 3.90. The first kappa shape index (κ1) is 10.5. The quantitative estimate of drug-likeness (QED) is 0.771. The molecular weight excluding hydrogens is 204 g/mol. The lowest BCUT2D eigenvalue weighted by atomic mass is 10.1. The summed E-state index contributed by atoms with van der Waals surface area (Å²) in [4.78, 5) is 10.6. The Morgan fingerprint density at radius 3 is 2.94 bits per heavy atom. The van der Waals surface area contributed by atoms with Gasteiger partial charge in [-0.15, -0.1) is 0 Å². The molecule has 0 radical (unpaired) electrons. The number of fused-ring (bicyclic) bond motifs is 1. The third-order valence-electron chi connectivity index (χ3n) is 2.72. The van der Waals surface area contributed by atoms with Crippen molar-refractivity contribution < 1.29 is 9.90 Å². The van der Waals surface area contributed by atoms with Crippen molar-refractivity contribution in [3.63, 3.8) is 0 Å². The number of nitrogens with zero attached hydrogens (tertiary/aromatic N) is 1. The maximum Gasteiger partial charge on any atom is 0.303 e. The number of anilines is 1. The van der Waals surface area contributed by atoms with Crippen molar-refractivity contribution in [3.05, 3.63) is 30.0 Å². The number of carbonyl (C=O) groups is 1. The van der Waals surface area contributed by atoms with Crippen LogP contribution in [-0.4, -0.2) is 15.6 Å². The van der Waals surface area contributed by atoms with Gasteiger partial charge in [-0.25, -0.2) is 0 Å². The number of hydrogen-bond donors (Lipinski definition) is 2. The number of carboxylic acid groups (broad SMARTS) is 1. The Kier molecular flexibility index (Phi) is 2.56. The van der Waals surface area contributed by atoms with Crippen LogP contribution in [0.25, 0.3) is 10.9 Å². The molecule has 0 amide bonds. The number of para-hydroxylation sites is 1. The second kappa shape index (κ2) is 3.89. The molecule has 0 fully saturated rings. The number of rotatable bonds is 3. The predicted molar refractivity (Wildman–Crippen MR) is 63.3 cm³/mol. The van der Waals surface area contributed by atoms with Gasteiger partial charge in [0.05, 0.1) is 11.2 Å². The van der Waals surface area contributed by atoms with Crippen LogP contribution in [-0.2, 0) is 18.3 Å². The minimum absolute atomic E-state index is 0.147. The van der Waals surface area contributed by atoms with Crippen LogP contribution in [0.3, 0.4) is 0 Å². The standard InChI is InChI=1S/C12H14N2O2/c1-14-7-8(5-6-11(15)16)9-3-2-4-10(13)12(9)14/h2-4,7H,5-6,13H2,1H3,(H,15,16). The molecule has 0 saturated heterocycles. The summed E-state index contributed by atoms with van der Waals surface area (Å²) in [5, 5.41) is 9.72. The maximum atomic E-state index is 10.6. The number of aromatic nitrogens is 1. The summed E-state index contributed by atoms with van der Waals surface area (Å²) in [5.74, 6) is -0.777. The molecule has 4 nitrogen and oxygen atoms in total. The molecule has 1 aromatic carbocycles. The van der Waals surface area contributed by atoms with Crippen LogP contribution in [0.15, 0.2) is 24.4 Å². The third-order valence-corrected chi connectivity index (χ3v) is 2.72. The smallest absolute Gasteiger partial charge is 0.303 e. The number of hydrogen-bond acceptors (Lipinski definition) is 2. The summed E-state index contributed by atoms with van der Waals surface area (Å²) in [5.41, 5.74) is 8.62. The fourth-order valence-corrected chi connectivity index (χ4v) is 2.02. The Hall–Kier alpha value is -1.97. The van der Waals surface area contributed by atoms with E-state index in [4.69, 9.17) is 10.8 Å². The van der Waals surface area contributed by atoms with Crippen LogP contribution in [0.2, 0.25) is 0 Å². The molecule has 0 saturated carbocycles. The zero-order chi connectivity index (χ0) is 11.7. The number of aryl methyl sites for hydroxylation is 2. The van der Waals surface area contributed by atoms with Crippen molar-refractivity contribution in [1.29, 1.82) is 0 Å². The maximum absolute atomic E-state index is 10.6. The minimum atomic E-state index is -0.777. The van der Waals surface area contributed by atoms with E-state index >= 15 is 0 Å². The minimum Gasteiger partial charge on any atom is -0.481 e. The molecule has 1 aromatic heterocycles. The molecule has 16 heavy (non-hydrogen) atoms. The average molecular weight is 218 g/mol. The van der Waals surface area contributed by atoms with E-state index in [-0.39, 0.29) is 6.42 Å². The van der Waals surface area contributed by atoms with Gasteiger partial charge in [0.25, 0.3) is 0 Å². The van der Waals surface area contributed by atoms with E-state index in [9.17, 15) is 4.79 Å².